The van der Waals surface area contributed by atoms with E-state index < -0.39 is 17.3 Å². The van der Waals surface area contributed by atoms with Gasteiger partial charge in [-0.3, -0.25) is 0 Å². The molecule has 2 N–H and O–H groups in total. The van der Waals surface area contributed by atoms with E-state index in [-0.39, 0.29) is 25.4 Å². The molecule has 0 radical (unpaired) electrons. The molecule has 5 nitrogen and oxygen atoms in total. The van der Waals surface area contributed by atoms with Gasteiger partial charge in [-0.25, -0.2) is 4.79 Å². The molecule has 29 heavy (non-hydrogen) atoms. The zero-order valence-electron chi connectivity index (χ0n) is 17.4. The Labute approximate surface area is 181 Å². The highest BCUT2D eigenvalue weighted by Crippen LogP contribution is 2.35. The van der Waals surface area contributed by atoms with E-state index >= 15 is 0 Å². The number of amides is 1. The Morgan fingerprint density at radius 3 is 2.21 bits per heavy atom. The Hall–Kier alpha value is -1.89. The van der Waals surface area contributed by atoms with Crippen LogP contribution in [0.4, 0.5) is 4.79 Å². The number of aliphatic hydroxyl groups is 2. The number of rotatable bonds is 8. The van der Waals surface area contributed by atoms with Crippen molar-refractivity contribution in [1.82, 2.24) is 4.90 Å². The van der Waals surface area contributed by atoms with E-state index in [1.54, 1.807) is 18.7 Å². The maximum absolute atomic E-state index is 12.5. The smallest absolute Gasteiger partial charge is 0.409 e. The number of ether oxygens (including phenoxy) is 1. The Morgan fingerprint density at radius 1 is 1.10 bits per heavy atom. The number of nitrogens with zero attached hydrogens (tertiary/aromatic N) is 1. The van der Waals surface area contributed by atoms with E-state index in [0.717, 1.165) is 10.0 Å². The zero-order chi connectivity index (χ0) is 21.7. The Balaban J connectivity index is 2.28. The van der Waals surface area contributed by atoms with Crippen LogP contribution in [0.2, 0.25) is 0 Å². The molecule has 0 aromatic heterocycles. The number of carbonyl (C=O) groups excluding carboxylic acids is 1. The molecule has 0 aliphatic heterocycles. The summed E-state index contributed by atoms with van der Waals surface area (Å²) in [5, 5.41) is 21.8. The van der Waals surface area contributed by atoms with Crippen molar-refractivity contribution in [2.45, 2.75) is 50.9 Å². The first-order valence-corrected chi connectivity index (χ1v) is 10.5. The van der Waals surface area contributed by atoms with Gasteiger partial charge in [0.2, 0.25) is 0 Å². The van der Waals surface area contributed by atoms with Crippen molar-refractivity contribution in [3.8, 4) is 0 Å². The SMILES string of the molecule is COC(=O)N(CCC(O)(CC(C)(C)O)c1ccccc1)C(C)c1ccc(Br)cc1. The lowest BCUT2D eigenvalue weighted by Gasteiger charge is -2.37. The molecule has 0 saturated heterocycles. The van der Waals surface area contributed by atoms with Crippen LogP contribution in [0.25, 0.3) is 0 Å². The minimum atomic E-state index is -1.29. The predicted octanol–water partition coefficient (Wildman–Crippen LogP) is 5.02. The molecule has 2 rings (SSSR count). The second-order valence-corrected chi connectivity index (χ2v) is 8.94. The lowest BCUT2D eigenvalue weighted by molar-refractivity contribution is -0.0602. The van der Waals surface area contributed by atoms with Crippen LogP contribution < -0.4 is 0 Å². The molecule has 6 heteroatoms. The second-order valence-electron chi connectivity index (χ2n) is 8.03. The molecule has 2 aromatic carbocycles. The summed E-state index contributed by atoms with van der Waals surface area (Å²) in [6.07, 6.45) is -0.0538. The minimum Gasteiger partial charge on any atom is -0.453 e. The van der Waals surface area contributed by atoms with E-state index in [0.29, 0.717) is 5.56 Å². The molecule has 2 atom stereocenters. The highest BCUT2D eigenvalue weighted by molar-refractivity contribution is 9.10. The van der Waals surface area contributed by atoms with Crippen molar-refractivity contribution in [2.75, 3.05) is 13.7 Å². The van der Waals surface area contributed by atoms with Gasteiger partial charge in [-0.15, -0.1) is 0 Å². The van der Waals surface area contributed by atoms with E-state index in [1.807, 2.05) is 61.5 Å². The van der Waals surface area contributed by atoms with E-state index in [2.05, 4.69) is 15.9 Å². The average molecular weight is 464 g/mol. The van der Waals surface area contributed by atoms with Gasteiger partial charge in [0.25, 0.3) is 0 Å². The molecule has 0 aliphatic rings. The quantitative estimate of drug-likeness (QED) is 0.576. The van der Waals surface area contributed by atoms with Crippen LogP contribution in [-0.4, -0.2) is 40.5 Å². The van der Waals surface area contributed by atoms with Gasteiger partial charge >= 0.3 is 6.09 Å². The maximum atomic E-state index is 12.5. The summed E-state index contributed by atoms with van der Waals surface area (Å²) in [5.74, 6) is 0. The van der Waals surface area contributed by atoms with E-state index in [4.69, 9.17) is 4.74 Å². The summed E-state index contributed by atoms with van der Waals surface area (Å²) in [5.41, 5.74) is -0.684. The standard InChI is InChI=1S/C23H30BrNO4/c1-17(18-10-12-20(24)13-11-18)25(21(26)29-4)15-14-23(28,16-22(2,3)27)19-8-6-5-7-9-19/h5-13,17,27-28H,14-16H2,1-4H3. The summed E-state index contributed by atoms with van der Waals surface area (Å²) in [6, 6.07) is 16.8. The maximum Gasteiger partial charge on any atom is 0.409 e. The highest BCUT2D eigenvalue weighted by atomic mass is 79.9. The summed E-state index contributed by atoms with van der Waals surface area (Å²) in [7, 11) is 1.35. The fourth-order valence-corrected chi connectivity index (χ4v) is 3.85. The van der Waals surface area contributed by atoms with Gasteiger partial charge in [-0.2, -0.15) is 0 Å². The largest absolute Gasteiger partial charge is 0.453 e. The van der Waals surface area contributed by atoms with Crippen molar-refractivity contribution in [3.05, 3.63) is 70.2 Å². The summed E-state index contributed by atoms with van der Waals surface area (Å²) in [6.45, 7) is 5.54. The van der Waals surface area contributed by atoms with Gasteiger partial charge in [-0.1, -0.05) is 58.4 Å². The lowest BCUT2D eigenvalue weighted by Crippen LogP contribution is -2.41. The van der Waals surface area contributed by atoms with Gasteiger partial charge < -0.3 is 19.8 Å². The first-order chi connectivity index (χ1) is 13.6. The molecule has 1 amide bonds. The minimum absolute atomic E-state index is 0.145. The number of halogens is 1. The number of carbonyl (C=O) groups is 1. The molecule has 2 aromatic rings. The Kier molecular flexibility index (Phi) is 7.86. The van der Waals surface area contributed by atoms with Crippen LogP contribution in [0.15, 0.2) is 59.1 Å². The van der Waals surface area contributed by atoms with Gasteiger partial charge in [0.1, 0.15) is 0 Å². The number of benzene rings is 2. The van der Waals surface area contributed by atoms with Gasteiger partial charge in [0, 0.05) is 17.4 Å². The second kappa shape index (κ2) is 9.74. The van der Waals surface area contributed by atoms with Gasteiger partial charge in [0.05, 0.1) is 24.4 Å². The van der Waals surface area contributed by atoms with Crippen molar-refractivity contribution < 1.29 is 19.7 Å². The van der Waals surface area contributed by atoms with Crippen LogP contribution in [0.5, 0.6) is 0 Å². The van der Waals surface area contributed by atoms with Crippen LogP contribution >= 0.6 is 15.9 Å². The summed E-state index contributed by atoms with van der Waals surface area (Å²) < 4.78 is 5.96. The van der Waals surface area contributed by atoms with E-state index in [1.165, 1.54) is 7.11 Å². The third kappa shape index (κ3) is 6.56. The van der Waals surface area contributed by atoms with Crippen molar-refractivity contribution in [1.29, 1.82) is 0 Å². The third-order valence-electron chi connectivity index (χ3n) is 5.03. The molecule has 0 aliphatic carbocycles. The van der Waals surface area contributed by atoms with Crippen molar-refractivity contribution in [3.63, 3.8) is 0 Å². The van der Waals surface area contributed by atoms with Crippen LogP contribution in [0.3, 0.4) is 0 Å². The Bertz CT molecular complexity index is 789. The zero-order valence-corrected chi connectivity index (χ0v) is 19.0. The predicted molar refractivity (Wildman–Crippen MR) is 118 cm³/mol. The molecule has 0 spiro atoms. The molecular weight excluding hydrogens is 434 g/mol. The summed E-state index contributed by atoms with van der Waals surface area (Å²) >= 11 is 3.42. The van der Waals surface area contributed by atoms with Crippen molar-refractivity contribution >= 4 is 22.0 Å². The monoisotopic (exact) mass is 463 g/mol. The molecule has 0 bridgehead atoms. The summed E-state index contributed by atoms with van der Waals surface area (Å²) in [4.78, 5) is 14.1. The molecular formula is C23H30BrNO4. The molecule has 0 saturated carbocycles. The third-order valence-corrected chi connectivity index (χ3v) is 5.56. The fraction of sp³-hybridized carbons (Fsp3) is 0.435. The number of hydrogen-bond donors (Lipinski definition) is 2. The van der Waals surface area contributed by atoms with Crippen LogP contribution in [-0.2, 0) is 10.3 Å². The van der Waals surface area contributed by atoms with Crippen LogP contribution in [0, 0.1) is 0 Å². The van der Waals surface area contributed by atoms with Gasteiger partial charge in [-0.05, 0) is 50.5 Å². The van der Waals surface area contributed by atoms with Crippen molar-refractivity contribution in [2.24, 2.45) is 0 Å². The number of hydrogen-bond acceptors (Lipinski definition) is 4. The lowest BCUT2D eigenvalue weighted by atomic mass is 9.81. The Morgan fingerprint density at radius 2 is 1.69 bits per heavy atom. The molecule has 2 unspecified atom stereocenters. The van der Waals surface area contributed by atoms with Crippen LogP contribution in [0.1, 0.15) is 50.8 Å². The van der Waals surface area contributed by atoms with Gasteiger partial charge in [0.15, 0.2) is 0 Å². The molecule has 0 heterocycles. The highest BCUT2D eigenvalue weighted by Gasteiger charge is 2.36. The first-order valence-electron chi connectivity index (χ1n) is 9.66. The molecule has 158 valence electrons. The molecule has 0 fully saturated rings. The normalized spacial score (nSPS) is 14.7. The average Bonchev–Trinajstić information content (AvgIpc) is 2.67. The topological polar surface area (TPSA) is 70.0 Å². The number of methoxy groups -OCH3 is 1. The first kappa shape index (κ1) is 23.4. The van der Waals surface area contributed by atoms with E-state index in [9.17, 15) is 15.0 Å². The fourth-order valence-electron chi connectivity index (χ4n) is 3.59.